The Morgan fingerprint density at radius 3 is 2.62 bits per heavy atom. The summed E-state index contributed by atoms with van der Waals surface area (Å²) in [4.78, 5) is 11.8. The van der Waals surface area contributed by atoms with Gasteiger partial charge < -0.3 is 14.8 Å². The SMILES string of the molecule is CNC1CCCN(S(=O)(=O)c2ccc(C(=O)OC)c(OC)c2)C1.Cl. The number of carbonyl (C=O) groups excluding carboxylic acids is 1. The molecule has 0 bridgehead atoms. The molecule has 1 aromatic rings. The molecule has 1 N–H and O–H groups in total. The van der Waals surface area contributed by atoms with Crippen molar-refractivity contribution in [2.24, 2.45) is 0 Å². The zero-order valence-electron chi connectivity index (χ0n) is 13.9. The van der Waals surface area contributed by atoms with E-state index in [1.165, 1.54) is 36.7 Å². The van der Waals surface area contributed by atoms with Crippen molar-refractivity contribution < 1.29 is 22.7 Å². The Kier molecular flexibility index (Phi) is 7.47. The molecular weight excluding hydrogens is 356 g/mol. The lowest BCUT2D eigenvalue weighted by atomic mass is 10.1. The molecule has 0 spiro atoms. The second-order valence-electron chi connectivity index (χ2n) is 5.34. The molecule has 9 heteroatoms. The molecule has 1 unspecified atom stereocenters. The first-order valence-corrected chi connectivity index (χ1v) is 8.81. The number of ether oxygens (including phenoxy) is 2. The third-order valence-electron chi connectivity index (χ3n) is 4.01. The normalized spacial score (nSPS) is 18.5. The Balaban J connectivity index is 0.00000288. The van der Waals surface area contributed by atoms with Crippen molar-refractivity contribution in [2.45, 2.75) is 23.8 Å². The summed E-state index contributed by atoms with van der Waals surface area (Å²) in [5, 5.41) is 3.12. The summed E-state index contributed by atoms with van der Waals surface area (Å²) >= 11 is 0. The fourth-order valence-corrected chi connectivity index (χ4v) is 4.20. The fraction of sp³-hybridized carbons (Fsp3) is 0.533. The molecular formula is C15H23ClN2O5S. The number of benzene rings is 1. The van der Waals surface area contributed by atoms with Crippen molar-refractivity contribution in [1.29, 1.82) is 0 Å². The number of likely N-dealkylation sites (N-methyl/N-ethyl adjacent to an activating group) is 1. The van der Waals surface area contributed by atoms with E-state index in [9.17, 15) is 13.2 Å². The number of nitrogens with zero attached hydrogens (tertiary/aromatic N) is 1. The van der Waals surface area contributed by atoms with Crippen LogP contribution in [0, 0.1) is 0 Å². The minimum Gasteiger partial charge on any atom is -0.496 e. The summed E-state index contributed by atoms with van der Waals surface area (Å²) in [7, 11) is 0.850. The van der Waals surface area contributed by atoms with Crippen LogP contribution in [0.25, 0.3) is 0 Å². The van der Waals surface area contributed by atoms with Crippen LogP contribution in [0.3, 0.4) is 0 Å². The number of rotatable bonds is 5. The van der Waals surface area contributed by atoms with Crippen LogP contribution in [0.5, 0.6) is 5.75 Å². The van der Waals surface area contributed by atoms with E-state index in [1.54, 1.807) is 0 Å². The summed E-state index contributed by atoms with van der Waals surface area (Å²) in [5.41, 5.74) is 0.195. The molecule has 0 aromatic heterocycles. The van der Waals surface area contributed by atoms with Crippen LogP contribution in [0.1, 0.15) is 23.2 Å². The monoisotopic (exact) mass is 378 g/mol. The molecule has 24 heavy (non-hydrogen) atoms. The van der Waals surface area contributed by atoms with Gasteiger partial charge in [0.05, 0.1) is 19.1 Å². The van der Waals surface area contributed by atoms with Crippen molar-refractivity contribution in [3.63, 3.8) is 0 Å². The van der Waals surface area contributed by atoms with Gasteiger partial charge >= 0.3 is 5.97 Å². The van der Waals surface area contributed by atoms with Crippen LogP contribution in [0.2, 0.25) is 0 Å². The van der Waals surface area contributed by atoms with Crippen LogP contribution in [0.15, 0.2) is 23.1 Å². The Morgan fingerprint density at radius 1 is 1.33 bits per heavy atom. The maximum atomic E-state index is 12.8. The molecule has 2 rings (SSSR count). The van der Waals surface area contributed by atoms with Crippen LogP contribution < -0.4 is 10.1 Å². The van der Waals surface area contributed by atoms with Gasteiger partial charge in [0.1, 0.15) is 11.3 Å². The molecule has 0 radical (unpaired) electrons. The van der Waals surface area contributed by atoms with Crippen LogP contribution in [0.4, 0.5) is 0 Å². The lowest BCUT2D eigenvalue weighted by Gasteiger charge is -2.31. The summed E-state index contributed by atoms with van der Waals surface area (Å²) in [6, 6.07) is 4.34. The maximum Gasteiger partial charge on any atom is 0.341 e. The van der Waals surface area contributed by atoms with Gasteiger partial charge in [-0.05, 0) is 32.0 Å². The van der Waals surface area contributed by atoms with Gasteiger partial charge in [-0.3, -0.25) is 0 Å². The zero-order valence-corrected chi connectivity index (χ0v) is 15.6. The first kappa shape index (κ1) is 20.7. The lowest BCUT2D eigenvalue weighted by molar-refractivity contribution is 0.0597. The van der Waals surface area contributed by atoms with E-state index in [0.717, 1.165) is 12.8 Å². The molecule has 136 valence electrons. The molecule has 1 aliphatic heterocycles. The third-order valence-corrected chi connectivity index (χ3v) is 5.87. The van der Waals surface area contributed by atoms with E-state index in [1.807, 2.05) is 7.05 Å². The minimum atomic E-state index is -3.63. The number of sulfonamides is 1. The van der Waals surface area contributed by atoms with Crippen molar-refractivity contribution in [3.8, 4) is 5.75 Å². The number of esters is 1. The van der Waals surface area contributed by atoms with E-state index < -0.39 is 16.0 Å². The highest BCUT2D eigenvalue weighted by Gasteiger charge is 2.30. The minimum absolute atomic E-state index is 0. The number of hydrogen-bond donors (Lipinski definition) is 1. The van der Waals surface area contributed by atoms with Crippen LogP contribution in [-0.4, -0.2) is 59.1 Å². The average molecular weight is 379 g/mol. The predicted octanol–water partition coefficient (Wildman–Crippen LogP) is 1.28. The van der Waals surface area contributed by atoms with Crippen LogP contribution in [-0.2, 0) is 14.8 Å². The van der Waals surface area contributed by atoms with Crippen molar-refractivity contribution >= 4 is 28.4 Å². The molecule has 1 saturated heterocycles. The quantitative estimate of drug-likeness (QED) is 0.777. The summed E-state index contributed by atoms with van der Waals surface area (Å²) in [6.45, 7) is 0.918. The summed E-state index contributed by atoms with van der Waals surface area (Å²) in [6.07, 6.45) is 1.76. The van der Waals surface area contributed by atoms with E-state index in [-0.39, 0.29) is 34.7 Å². The van der Waals surface area contributed by atoms with Gasteiger partial charge in [0, 0.05) is 25.2 Å². The molecule has 1 aliphatic rings. The van der Waals surface area contributed by atoms with Crippen molar-refractivity contribution in [1.82, 2.24) is 9.62 Å². The van der Waals surface area contributed by atoms with Gasteiger partial charge in [-0.1, -0.05) is 0 Å². The largest absolute Gasteiger partial charge is 0.496 e. The Morgan fingerprint density at radius 2 is 2.04 bits per heavy atom. The molecule has 0 aliphatic carbocycles. The standard InChI is InChI=1S/C15H22N2O5S.ClH/c1-16-11-5-4-8-17(10-11)23(19,20)12-6-7-13(15(18)22-3)14(9-12)21-2;/h6-7,9,11,16H,4-5,8,10H2,1-3H3;1H. The molecule has 1 heterocycles. The zero-order chi connectivity index (χ0) is 17.0. The van der Waals surface area contributed by atoms with Gasteiger partial charge in [-0.2, -0.15) is 4.31 Å². The summed E-state index contributed by atoms with van der Waals surface area (Å²) < 4.78 is 36.9. The second-order valence-corrected chi connectivity index (χ2v) is 7.28. The number of halogens is 1. The lowest BCUT2D eigenvalue weighted by Crippen LogP contribution is -2.46. The Hall–Kier alpha value is -1.35. The van der Waals surface area contributed by atoms with Gasteiger partial charge in [0.25, 0.3) is 0 Å². The Bertz CT molecular complexity index is 680. The highest BCUT2D eigenvalue weighted by Crippen LogP contribution is 2.27. The number of hydrogen-bond acceptors (Lipinski definition) is 6. The van der Waals surface area contributed by atoms with Gasteiger partial charge in [0.15, 0.2) is 0 Å². The predicted molar refractivity (Wildman–Crippen MR) is 92.4 cm³/mol. The Labute approximate surface area is 148 Å². The topological polar surface area (TPSA) is 84.9 Å². The van der Waals surface area contributed by atoms with E-state index in [0.29, 0.717) is 13.1 Å². The molecule has 0 saturated carbocycles. The number of methoxy groups -OCH3 is 2. The molecule has 1 fully saturated rings. The van der Waals surface area contributed by atoms with E-state index in [2.05, 4.69) is 10.1 Å². The number of piperidine rings is 1. The molecule has 0 amide bonds. The maximum absolute atomic E-state index is 12.8. The molecule has 7 nitrogen and oxygen atoms in total. The van der Waals surface area contributed by atoms with E-state index in [4.69, 9.17) is 4.74 Å². The van der Waals surface area contributed by atoms with Gasteiger partial charge in [0.2, 0.25) is 10.0 Å². The highest BCUT2D eigenvalue weighted by atomic mass is 35.5. The summed E-state index contributed by atoms with van der Waals surface area (Å²) in [5.74, 6) is -0.390. The van der Waals surface area contributed by atoms with Gasteiger partial charge in [-0.15, -0.1) is 12.4 Å². The average Bonchev–Trinajstić information content (AvgIpc) is 2.60. The van der Waals surface area contributed by atoms with E-state index >= 15 is 0 Å². The highest BCUT2D eigenvalue weighted by molar-refractivity contribution is 7.89. The number of carbonyl (C=O) groups is 1. The molecule has 1 aromatic carbocycles. The van der Waals surface area contributed by atoms with Gasteiger partial charge in [-0.25, -0.2) is 13.2 Å². The van der Waals surface area contributed by atoms with Crippen molar-refractivity contribution in [3.05, 3.63) is 23.8 Å². The van der Waals surface area contributed by atoms with Crippen molar-refractivity contribution in [2.75, 3.05) is 34.4 Å². The number of nitrogens with one attached hydrogen (secondary N) is 1. The second kappa shape index (κ2) is 8.66. The molecule has 1 atom stereocenters. The fourth-order valence-electron chi connectivity index (χ4n) is 2.66. The smallest absolute Gasteiger partial charge is 0.341 e. The van der Waals surface area contributed by atoms with Crippen LogP contribution >= 0.6 is 12.4 Å². The first-order chi connectivity index (χ1) is 10.9. The first-order valence-electron chi connectivity index (χ1n) is 7.37. The third kappa shape index (κ3) is 4.18.